The van der Waals surface area contributed by atoms with Crippen LogP contribution in [0.5, 0.6) is 0 Å². The molecule has 0 bridgehead atoms. The zero-order valence-electron chi connectivity index (χ0n) is 16.6. The number of aromatic nitrogens is 3. The second-order valence-corrected chi connectivity index (χ2v) is 7.52. The smallest absolute Gasteiger partial charge is 0.244 e. The van der Waals surface area contributed by atoms with Gasteiger partial charge in [-0.05, 0) is 36.0 Å². The van der Waals surface area contributed by atoms with Crippen LogP contribution in [0.4, 0.5) is 0 Å². The van der Waals surface area contributed by atoms with Crippen molar-refractivity contribution in [2.75, 3.05) is 13.1 Å². The van der Waals surface area contributed by atoms with Crippen LogP contribution in [0.2, 0.25) is 0 Å². The number of likely N-dealkylation sites (tertiary alicyclic amines) is 1. The minimum absolute atomic E-state index is 0.179. The van der Waals surface area contributed by atoms with E-state index in [0.717, 1.165) is 37.1 Å². The van der Waals surface area contributed by atoms with Crippen molar-refractivity contribution in [1.82, 2.24) is 25.0 Å². The molecule has 0 radical (unpaired) electrons. The van der Waals surface area contributed by atoms with Gasteiger partial charge < -0.3 is 4.90 Å². The zero-order valence-corrected chi connectivity index (χ0v) is 16.6. The molecule has 1 saturated heterocycles. The molecule has 4 rings (SSSR count). The zero-order chi connectivity index (χ0) is 19.9. The topological polar surface area (TPSA) is 63.1 Å². The van der Waals surface area contributed by atoms with Gasteiger partial charge in [0.2, 0.25) is 5.91 Å². The maximum absolute atomic E-state index is 13.2. The Morgan fingerprint density at radius 3 is 2.38 bits per heavy atom. The number of carbonyl (C=O) groups excluding carboxylic acids is 1. The molecule has 0 spiro atoms. The molecule has 1 atom stereocenters. The average molecular weight is 390 g/mol. The van der Waals surface area contributed by atoms with Gasteiger partial charge in [0, 0.05) is 19.6 Å². The summed E-state index contributed by atoms with van der Waals surface area (Å²) >= 11 is 0. The molecule has 150 valence electrons. The lowest BCUT2D eigenvalue weighted by atomic mass is 10.0. The number of benzene rings is 2. The van der Waals surface area contributed by atoms with Gasteiger partial charge in [0.1, 0.15) is 18.7 Å². The van der Waals surface area contributed by atoms with Gasteiger partial charge in [-0.15, -0.1) is 0 Å². The van der Waals surface area contributed by atoms with Gasteiger partial charge in [-0.1, -0.05) is 54.6 Å². The number of amides is 1. The second kappa shape index (κ2) is 9.47. The van der Waals surface area contributed by atoms with Crippen molar-refractivity contribution < 1.29 is 4.79 Å². The highest BCUT2D eigenvalue weighted by molar-refractivity contribution is 5.83. The maximum atomic E-state index is 13.2. The maximum Gasteiger partial charge on any atom is 0.244 e. The molecule has 1 aliphatic heterocycles. The molecule has 1 aliphatic rings. The minimum atomic E-state index is -0.316. The molecule has 1 amide bonds. The van der Waals surface area contributed by atoms with Crippen LogP contribution >= 0.6 is 0 Å². The van der Waals surface area contributed by atoms with Crippen LogP contribution in [0.15, 0.2) is 67.3 Å². The van der Waals surface area contributed by atoms with E-state index in [9.17, 15) is 4.79 Å². The fourth-order valence-electron chi connectivity index (χ4n) is 3.77. The van der Waals surface area contributed by atoms with E-state index in [1.165, 1.54) is 12.0 Å². The van der Waals surface area contributed by atoms with E-state index in [2.05, 4.69) is 39.7 Å². The predicted molar refractivity (Wildman–Crippen MR) is 112 cm³/mol. The van der Waals surface area contributed by atoms with Crippen molar-refractivity contribution in [3.05, 3.63) is 83.9 Å². The van der Waals surface area contributed by atoms with E-state index in [1.807, 2.05) is 35.2 Å². The number of nitrogens with zero attached hydrogens (tertiary/aromatic N) is 4. The van der Waals surface area contributed by atoms with Crippen LogP contribution in [0.25, 0.3) is 0 Å². The van der Waals surface area contributed by atoms with Gasteiger partial charge in [0.15, 0.2) is 0 Å². The van der Waals surface area contributed by atoms with Crippen molar-refractivity contribution in [2.24, 2.45) is 0 Å². The lowest BCUT2D eigenvalue weighted by Crippen LogP contribution is -2.43. The number of carbonyl (C=O) groups is 1. The summed E-state index contributed by atoms with van der Waals surface area (Å²) in [5, 5.41) is 7.64. The van der Waals surface area contributed by atoms with Crippen LogP contribution in [0.1, 0.15) is 42.0 Å². The van der Waals surface area contributed by atoms with Gasteiger partial charge in [0.05, 0.1) is 6.54 Å². The molecular weight excluding hydrogens is 362 g/mol. The third-order valence-electron chi connectivity index (χ3n) is 5.39. The molecular formula is C23H27N5O. The van der Waals surface area contributed by atoms with E-state index in [1.54, 1.807) is 17.3 Å². The highest BCUT2D eigenvalue weighted by Gasteiger charge is 2.26. The Labute approximate surface area is 171 Å². The summed E-state index contributed by atoms with van der Waals surface area (Å²) < 4.78 is 1.80. The first-order valence-corrected chi connectivity index (χ1v) is 10.3. The van der Waals surface area contributed by atoms with Crippen molar-refractivity contribution in [3.63, 3.8) is 0 Å². The molecule has 2 aromatic carbocycles. The Morgan fingerprint density at radius 1 is 0.966 bits per heavy atom. The summed E-state index contributed by atoms with van der Waals surface area (Å²) in [7, 11) is 0. The Bertz CT molecular complexity index is 887. The largest absolute Gasteiger partial charge is 0.341 e. The first kappa shape index (κ1) is 19.3. The average Bonchev–Trinajstić information content (AvgIpc) is 3.29. The standard InChI is InChI=1S/C23H27N5O/c29-23(27-13-5-2-6-14-27)22(21-7-3-1-4-8-21)25-15-19-9-11-20(12-10-19)16-28-18-24-17-26-28/h1,3-4,7-12,17-18,22,25H,2,5-6,13-16H2/t22-/m0/s1. The normalized spacial score (nSPS) is 15.2. The fraction of sp³-hybridized carbons (Fsp3) is 0.348. The minimum Gasteiger partial charge on any atom is -0.341 e. The van der Waals surface area contributed by atoms with E-state index in [4.69, 9.17) is 0 Å². The fourth-order valence-corrected chi connectivity index (χ4v) is 3.77. The summed E-state index contributed by atoms with van der Waals surface area (Å²) in [5.74, 6) is 0.179. The van der Waals surface area contributed by atoms with Gasteiger partial charge in [-0.3, -0.25) is 10.1 Å². The molecule has 6 heteroatoms. The van der Waals surface area contributed by atoms with Gasteiger partial charge in [0.25, 0.3) is 0 Å². The lowest BCUT2D eigenvalue weighted by Gasteiger charge is -2.31. The van der Waals surface area contributed by atoms with Crippen LogP contribution in [-0.2, 0) is 17.9 Å². The Morgan fingerprint density at radius 2 is 1.69 bits per heavy atom. The molecule has 0 aliphatic carbocycles. The molecule has 6 nitrogen and oxygen atoms in total. The van der Waals surface area contributed by atoms with Crippen LogP contribution < -0.4 is 5.32 Å². The summed E-state index contributed by atoms with van der Waals surface area (Å²) in [5.41, 5.74) is 3.34. The highest BCUT2D eigenvalue weighted by atomic mass is 16.2. The molecule has 3 aromatic rings. The summed E-state index contributed by atoms with van der Waals surface area (Å²) in [6.07, 6.45) is 6.67. The van der Waals surface area contributed by atoms with Gasteiger partial charge >= 0.3 is 0 Å². The van der Waals surface area contributed by atoms with Gasteiger partial charge in [-0.25, -0.2) is 9.67 Å². The first-order valence-electron chi connectivity index (χ1n) is 10.3. The lowest BCUT2D eigenvalue weighted by molar-refractivity contribution is -0.134. The summed E-state index contributed by atoms with van der Waals surface area (Å²) in [4.78, 5) is 19.2. The van der Waals surface area contributed by atoms with E-state index < -0.39 is 0 Å². The van der Waals surface area contributed by atoms with Gasteiger partial charge in [-0.2, -0.15) is 5.10 Å². The number of hydrogen-bond donors (Lipinski definition) is 1. The monoisotopic (exact) mass is 389 g/mol. The quantitative estimate of drug-likeness (QED) is 0.674. The molecule has 1 fully saturated rings. The van der Waals surface area contributed by atoms with Crippen molar-refractivity contribution in [2.45, 2.75) is 38.4 Å². The van der Waals surface area contributed by atoms with Crippen molar-refractivity contribution >= 4 is 5.91 Å². The first-order chi connectivity index (χ1) is 14.3. The molecule has 0 saturated carbocycles. The molecule has 1 aromatic heterocycles. The SMILES string of the molecule is O=C([C@@H](NCc1ccc(Cn2cncn2)cc1)c1ccccc1)N1CCCCC1. The highest BCUT2D eigenvalue weighted by Crippen LogP contribution is 2.20. The number of piperidine rings is 1. The Hall–Kier alpha value is -2.99. The molecule has 29 heavy (non-hydrogen) atoms. The number of hydrogen-bond acceptors (Lipinski definition) is 4. The Kier molecular flexibility index (Phi) is 6.32. The van der Waals surface area contributed by atoms with Crippen LogP contribution in [-0.4, -0.2) is 38.7 Å². The number of nitrogens with one attached hydrogen (secondary N) is 1. The van der Waals surface area contributed by atoms with E-state index in [-0.39, 0.29) is 11.9 Å². The van der Waals surface area contributed by atoms with Crippen molar-refractivity contribution in [1.29, 1.82) is 0 Å². The predicted octanol–water partition coefficient (Wildman–Crippen LogP) is 3.17. The molecule has 1 N–H and O–H groups in total. The summed E-state index contributed by atoms with van der Waals surface area (Å²) in [6.45, 7) is 3.07. The third kappa shape index (κ3) is 5.09. The second-order valence-electron chi connectivity index (χ2n) is 7.52. The van der Waals surface area contributed by atoms with Crippen LogP contribution in [0, 0.1) is 0 Å². The van der Waals surface area contributed by atoms with Crippen molar-refractivity contribution in [3.8, 4) is 0 Å². The molecule has 0 unspecified atom stereocenters. The number of rotatable bonds is 7. The summed E-state index contributed by atoms with van der Waals surface area (Å²) in [6, 6.07) is 18.1. The Balaban J connectivity index is 1.42. The van der Waals surface area contributed by atoms with E-state index >= 15 is 0 Å². The third-order valence-corrected chi connectivity index (χ3v) is 5.39. The molecule has 2 heterocycles. The van der Waals surface area contributed by atoms with Crippen LogP contribution in [0.3, 0.4) is 0 Å². The van der Waals surface area contributed by atoms with E-state index in [0.29, 0.717) is 13.1 Å².